The third kappa shape index (κ3) is 7.82. The van der Waals surface area contributed by atoms with E-state index in [0.29, 0.717) is 21.7 Å². The van der Waals surface area contributed by atoms with Gasteiger partial charge in [-0.25, -0.2) is 0 Å². The van der Waals surface area contributed by atoms with Crippen molar-refractivity contribution in [3.63, 3.8) is 0 Å². The van der Waals surface area contributed by atoms with Crippen LogP contribution < -0.4 is 0 Å². The molecule has 0 aromatic carbocycles. The molecular formula is C54H88O2. The highest BCUT2D eigenvalue weighted by Crippen LogP contribution is 2.68. The summed E-state index contributed by atoms with van der Waals surface area (Å²) in [6.07, 6.45) is 34.6. The Labute approximate surface area is 346 Å². The number of rotatable bonds is 8. The summed E-state index contributed by atoms with van der Waals surface area (Å²) in [7, 11) is 0. The van der Waals surface area contributed by atoms with Gasteiger partial charge in [0.2, 0.25) is 0 Å². The van der Waals surface area contributed by atoms with Crippen LogP contribution >= 0.6 is 0 Å². The number of allylic oxidation sites excluding steroid dienone is 8. The molecule has 56 heavy (non-hydrogen) atoms. The van der Waals surface area contributed by atoms with Gasteiger partial charge in [0.05, 0.1) is 12.2 Å². The predicted octanol–water partition coefficient (Wildman–Crippen LogP) is 14.8. The monoisotopic (exact) mass is 769 g/mol. The molecule has 15 atom stereocenters. The highest BCUT2D eigenvalue weighted by molar-refractivity contribution is 5.34. The van der Waals surface area contributed by atoms with Gasteiger partial charge in [-0.2, -0.15) is 0 Å². The summed E-state index contributed by atoms with van der Waals surface area (Å²) in [4.78, 5) is 0. The van der Waals surface area contributed by atoms with E-state index in [-0.39, 0.29) is 12.2 Å². The van der Waals surface area contributed by atoms with Gasteiger partial charge in [-0.3, -0.25) is 0 Å². The van der Waals surface area contributed by atoms with E-state index in [4.69, 9.17) is 0 Å². The van der Waals surface area contributed by atoms with E-state index in [0.717, 1.165) is 78.9 Å². The van der Waals surface area contributed by atoms with Gasteiger partial charge in [0.1, 0.15) is 0 Å². The second-order valence-electron chi connectivity index (χ2n) is 23.4. The van der Waals surface area contributed by atoms with Crippen LogP contribution in [0.15, 0.2) is 46.1 Å². The van der Waals surface area contributed by atoms with E-state index in [9.17, 15) is 10.2 Å². The molecule has 0 radical (unpaired) electrons. The molecule has 0 aliphatic heterocycles. The largest absolute Gasteiger partial charge is 0.393 e. The first-order valence-electron chi connectivity index (χ1n) is 24.6. The van der Waals surface area contributed by atoms with Gasteiger partial charge in [0.25, 0.3) is 0 Å². The van der Waals surface area contributed by atoms with Crippen LogP contribution in [0.4, 0.5) is 0 Å². The summed E-state index contributed by atoms with van der Waals surface area (Å²) in [5, 5.41) is 20.5. The molecule has 0 bridgehead atoms. The molecule has 0 aromatic heterocycles. The van der Waals surface area contributed by atoms with Crippen LogP contribution in [-0.4, -0.2) is 22.4 Å². The highest BCUT2D eigenvalue weighted by atomic mass is 16.3. The van der Waals surface area contributed by atoms with Crippen LogP contribution in [0.3, 0.4) is 0 Å². The minimum atomic E-state index is -0.0422. The second kappa shape index (κ2) is 16.7. The zero-order valence-corrected chi connectivity index (χ0v) is 38.3. The molecule has 0 heterocycles. The molecule has 5 fully saturated rings. The van der Waals surface area contributed by atoms with Gasteiger partial charge in [-0.15, -0.1) is 0 Å². The summed E-state index contributed by atoms with van der Waals surface area (Å²) >= 11 is 0. The molecule has 0 amide bonds. The Bertz CT molecular complexity index is 1520. The minimum absolute atomic E-state index is 0.0356. The number of hydrogen-bond acceptors (Lipinski definition) is 2. The summed E-state index contributed by atoms with van der Waals surface area (Å²) < 4.78 is 0. The van der Waals surface area contributed by atoms with Crippen molar-refractivity contribution < 1.29 is 10.2 Å². The van der Waals surface area contributed by atoms with Crippen molar-refractivity contribution in [3.05, 3.63) is 46.1 Å². The lowest BCUT2D eigenvalue weighted by Crippen LogP contribution is -2.49. The first kappa shape index (κ1) is 43.0. The van der Waals surface area contributed by atoms with E-state index in [1.165, 1.54) is 120 Å². The lowest BCUT2D eigenvalue weighted by atomic mass is 9.47. The fourth-order valence-electron chi connectivity index (χ4n) is 16.6. The van der Waals surface area contributed by atoms with Crippen LogP contribution in [0.25, 0.3) is 0 Å². The van der Waals surface area contributed by atoms with Crippen molar-refractivity contribution in [2.45, 2.75) is 216 Å². The number of fused-ring (bicyclic) bond motifs is 9. The Morgan fingerprint density at radius 2 is 1.16 bits per heavy atom. The molecular weight excluding hydrogens is 681 g/mol. The molecule has 0 spiro atoms. The first-order valence-corrected chi connectivity index (χ1v) is 24.6. The second-order valence-corrected chi connectivity index (χ2v) is 23.4. The van der Waals surface area contributed by atoms with E-state index < -0.39 is 0 Å². The van der Waals surface area contributed by atoms with Crippen LogP contribution in [0, 0.1) is 74.9 Å². The van der Waals surface area contributed by atoms with Gasteiger partial charge in [0, 0.05) is 0 Å². The van der Waals surface area contributed by atoms with E-state index in [2.05, 4.69) is 87.5 Å². The Kier molecular flexibility index (Phi) is 12.8. The molecule has 2 heteroatoms. The third-order valence-corrected chi connectivity index (χ3v) is 19.9. The number of aliphatic hydroxyl groups excluding tert-OH is 2. The molecule has 2 unspecified atom stereocenters. The van der Waals surface area contributed by atoms with Crippen molar-refractivity contribution in [2.75, 3.05) is 0 Å². The summed E-state index contributed by atoms with van der Waals surface area (Å²) in [5.41, 5.74) is 10.5. The molecule has 8 aliphatic rings. The predicted molar refractivity (Wildman–Crippen MR) is 238 cm³/mol. The molecule has 5 saturated carbocycles. The lowest BCUT2D eigenvalue weighted by Gasteiger charge is -2.57. The molecule has 2 nitrogen and oxygen atoms in total. The maximum Gasteiger partial charge on any atom is 0.0543 e. The number of aliphatic hydroxyl groups is 2. The van der Waals surface area contributed by atoms with Gasteiger partial charge in [-0.1, -0.05) is 87.6 Å². The molecule has 8 rings (SSSR count). The smallest absolute Gasteiger partial charge is 0.0543 e. The average Bonchev–Trinajstić information content (AvgIpc) is 3.69. The van der Waals surface area contributed by atoms with Crippen LogP contribution in [0.2, 0.25) is 0 Å². The number of hydrogen-bond donors (Lipinski definition) is 2. The van der Waals surface area contributed by atoms with Crippen molar-refractivity contribution in [3.8, 4) is 0 Å². The molecule has 8 aliphatic carbocycles. The van der Waals surface area contributed by atoms with Crippen LogP contribution in [0.1, 0.15) is 204 Å². The summed E-state index contributed by atoms with van der Waals surface area (Å²) in [5.74, 6) is 7.47. The summed E-state index contributed by atoms with van der Waals surface area (Å²) in [6, 6.07) is 0. The van der Waals surface area contributed by atoms with Gasteiger partial charge in [0.15, 0.2) is 0 Å². The molecule has 2 N–H and O–H groups in total. The van der Waals surface area contributed by atoms with Gasteiger partial charge in [-0.05, 0) is 237 Å². The standard InChI is InChI=1S/2C27H44O/c2*1-18(2)7-6-8-19(3)23-11-12-24-22-10-9-20-17-21(28)13-15-26(20,4)25(22)14-16-27(23,24)5/h7,19-21,23-24,28H,6,8-17H2,1-5H3;7,10,19-21,23-25,28H,6,8-9,11-17H2,1-5H3/t19-,20+,21+,23-,24+,26+,27-;19-,20?,21?,23-,24+,25+,26+,27-/m11/s1. The van der Waals surface area contributed by atoms with E-state index >= 15 is 0 Å². The maximum absolute atomic E-state index is 10.2. The van der Waals surface area contributed by atoms with Crippen LogP contribution in [-0.2, 0) is 0 Å². The topological polar surface area (TPSA) is 40.5 Å². The average molecular weight is 769 g/mol. The first-order chi connectivity index (χ1) is 26.5. The van der Waals surface area contributed by atoms with Crippen molar-refractivity contribution in [1.29, 1.82) is 0 Å². The minimum Gasteiger partial charge on any atom is -0.393 e. The van der Waals surface area contributed by atoms with Crippen molar-refractivity contribution >= 4 is 0 Å². The Morgan fingerprint density at radius 3 is 1.79 bits per heavy atom. The Balaban J connectivity index is 0.000000172. The fraction of sp³-hybridized carbons (Fsp3) is 0.852. The third-order valence-electron chi connectivity index (χ3n) is 19.9. The van der Waals surface area contributed by atoms with E-state index in [1.807, 2.05) is 16.7 Å². The van der Waals surface area contributed by atoms with Crippen molar-refractivity contribution in [1.82, 2.24) is 0 Å². The van der Waals surface area contributed by atoms with Gasteiger partial charge >= 0.3 is 0 Å². The SMILES string of the molecule is CC(C)=CCC[C@@H](C)[C@H]1CC[C@H]2C3=C(CC[C@]12C)[C@@]1(C)CC[C@H](O)C[C@@H]1CC3.CC(C)=CCC[C@@H](C)[C@H]1CC[C@H]2C3=CCC4CC(O)CC[C@]4(C)[C@H]3CC[C@]12C. The molecule has 316 valence electrons. The fourth-order valence-corrected chi connectivity index (χ4v) is 16.6. The quantitative estimate of drug-likeness (QED) is 0.241. The molecule has 0 aromatic rings. The Hall–Kier alpha value is -1.12. The van der Waals surface area contributed by atoms with Crippen molar-refractivity contribution in [2.24, 2.45) is 74.9 Å². The normalized spacial score (nSPS) is 44.9. The zero-order valence-electron chi connectivity index (χ0n) is 38.3. The van der Waals surface area contributed by atoms with E-state index in [1.54, 1.807) is 0 Å². The highest BCUT2D eigenvalue weighted by Gasteiger charge is 2.59. The Morgan fingerprint density at radius 1 is 0.625 bits per heavy atom. The summed E-state index contributed by atoms with van der Waals surface area (Å²) in [6.45, 7) is 24.5. The van der Waals surface area contributed by atoms with Gasteiger partial charge < -0.3 is 10.2 Å². The maximum atomic E-state index is 10.2. The lowest BCUT2D eigenvalue weighted by molar-refractivity contribution is -0.0426. The zero-order chi connectivity index (χ0) is 40.2. The van der Waals surface area contributed by atoms with Crippen LogP contribution in [0.5, 0.6) is 0 Å². The molecule has 0 saturated heterocycles.